The highest BCUT2D eigenvalue weighted by atomic mass is 15.1. The molecule has 3 nitrogen and oxygen atoms in total. The van der Waals surface area contributed by atoms with Gasteiger partial charge in [-0.15, -0.1) is 0 Å². The van der Waals surface area contributed by atoms with Gasteiger partial charge in [0.2, 0.25) is 0 Å². The number of rotatable bonds is 3. The second-order valence-electron chi connectivity index (χ2n) is 7.80. The lowest BCUT2D eigenvalue weighted by Gasteiger charge is -2.35. The zero-order chi connectivity index (χ0) is 18.1. The smallest absolute Gasteiger partial charge is 0.162 e. The van der Waals surface area contributed by atoms with Crippen molar-refractivity contribution in [3.63, 3.8) is 0 Å². The molecule has 1 aliphatic carbocycles. The van der Waals surface area contributed by atoms with Crippen LogP contribution in [0.15, 0.2) is 48.5 Å². The fourth-order valence-electron chi connectivity index (χ4n) is 4.06. The summed E-state index contributed by atoms with van der Waals surface area (Å²) < 4.78 is 0. The van der Waals surface area contributed by atoms with E-state index >= 15 is 0 Å². The van der Waals surface area contributed by atoms with Crippen LogP contribution in [0.1, 0.15) is 38.7 Å². The molecular formula is C23H27N3. The largest absolute Gasteiger partial charge is 0.366 e. The van der Waals surface area contributed by atoms with Gasteiger partial charge < -0.3 is 5.32 Å². The number of hydrogen-bond donors (Lipinski definition) is 1. The summed E-state index contributed by atoms with van der Waals surface area (Å²) in [6.07, 6.45) is 3.83. The van der Waals surface area contributed by atoms with E-state index in [9.17, 15) is 0 Å². The molecule has 1 aliphatic rings. The Balaban J connectivity index is 1.77. The predicted molar refractivity (Wildman–Crippen MR) is 109 cm³/mol. The molecule has 0 amide bonds. The third-order valence-corrected chi connectivity index (χ3v) is 5.91. The van der Waals surface area contributed by atoms with E-state index in [0.717, 1.165) is 34.0 Å². The minimum absolute atomic E-state index is 0.474. The summed E-state index contributed by atoms with van der Waals surface area (Å²) in [5, 5.41) is 4.88. The average Bonchev–Trinajstić information content (AvgIpc) is 2.65. The number of aryl methyl sites for hydroxylation is 1. The molecule has 0 spiro atoms. The van der Waals surface area contributed by atoms with Crippen molar-refractivity contribution < 1.29 is 0 Å². The van der Waals surface area contributed by atoms with Crippen LogP contribution < -0.4 is 5.32 Å². The number of nitrogens with one attached hydrogen (secondary N) is 1. The highest BCUT2D eigenvalue weighted by Gasteiger charge is 2.27. The lowest BCUT2D eigenvalue weighted by molar-refractivity contribution is 0.253. The molecule has 0 bridgehead atoms. The molecule has 1 saturated carbocycles. The maximum absolute atomic E-state index is 4.94. The van der Waals surface area contributed by atoms with Gasteiger partial charge in [0, 0.05) is 17.0 Å². The van der Waals surface area contributed by atoms with E-state index in [1.807, 2.05) is 6.07 Å². The molecule has 1 aromatic heterocycles. The standard InChI is InChI=1S/C23H27N3/c1-15-8-6-10-18(14-15)22-25-21-12-5-4-11-19(21)23(26-22)24-20-13-7-9-16(2)17(20)3/h4-6,8,10-12,14,16-17,20H,7,9,13H2,1-3H3,(H,24,25,26)/t16-,17-,20+/m0/s1. The van der Waals surface area contributed by atoms with Crippen molar-refractivity contribution in [3.05, 3.63) is 54.1 Å². The molecule has 134 valence electrons. The van der Waals surface area contributed by atoms with E-state index in [1.165, 1.54) is 24.8 Å². The monoisotopic (exact) mass is 345 g/mol. The molecule has 1 N–H and O–H groups in total. The summed E-state index contributed by atoms with van der Waals surface area (Å²) in [6, 6.07) is 17.2. The molecule has 1 heterocycles. The van der Waals surface area contributed by atoms with Crippen molar-refractivity contribution in [2.45, 2.75) is 46.1 Å². The number of nitrogens with zero attached hydrogens (tertiary/aromatic N) is 2. The van der Waals surface area contributed by atoms with E-state index in [4.69, 9.17) is 9.97 Å². The summed E-state index contributed by atoms with van der Waals surface area (Å²) in [5.74, 6) is 3.18. The third-order valence-electron chi connectivity index (χ3n) is 5.91. The zero-order valence-electron chi connectivity index (χ0n) is 15.9. The van der Waals surface area contributed by atoms with E-state index in [1.54, 1.807) is 0 Å². The second kappa shape index (κ2) is 7.06. The van der Waals surface area contributed by atoms with Crippen LogP contribution in [0.5, 0.6) is 0 Å². The van der Waals surface area contributed by atoms with E-state index in [0.29, 0.717) is 12.0 Å². The molecule has 0 saturated heterocycles. The van der Waals surface area contributed by atoms with Gasteiger partial charge in [-0.2, -0.15) is 0 Å². The topological polar surface area (TPSA) is 37.8 Å². The number of anilines is 1. The van der Waals surface area contributed by atoms with E-state index in [2.05, 4.69) is 68.6 Å². The normalized spacial score (nSPS) is 23.1. The van der Waals surface area contributed by atoms with Gasteiger partial charge in [-0.1, -0.05) is 62.6 Å². The first kappa shape index (κ1) is 17.0. The Kier molecular flexibility index (Phi) is 4.62. The zero-order valence-corrected chi connectivity index (χ0v) is 15.9. The van der Waals surface area contributed by atoms with Gasteiger partial charge in [0.15, 0.2) is 5.82 Å². The summed E-state index contributed by atoms with van der Waals surface area (Å²) in [5.41, 5.74) is 3.30. The van der Waals surface area contributed by atoms with Gasteiger partial charge in [0.25, 0.3) is 0 Å². The Labute approximate surface area is 155 Å². The number of fused-ring (bicyclic) bond motifs is 1. The van der Waals surface area contributed by atoms with Gasteiger partial charge in [-0.05, 0) is 43.4 Å². The SMILES string of the molecule is Cc1cccc(-c2nc(N[C@@H]3CCC[C@H](C)[C@@H]3C)c3ccccc3n2)c1. The number of aromatic nitrogens is 2. The lowest BCUT2D eigenvalue weighted by atomic mass is 9.78. The molecule has 1 fully saturated rings. The summed E-state index contributed by atoms with van der Waals surface area (Å²) >= 11 is 0. The van der Waals surface area contributed by atoms with Crippen LogP contribution in [0.3, 0.4) is 0 Å². The van der Waals surface area contributed by atoms with E-state index in [-0.39, 0.29) is 0 Å². The first-order valence-electron chi connectivity index (χ1n) is 9.72. The van der Waals surface area contributed by atoms with Crippen molar-refractivity contribution in [1.29, 1.82) is 0 Å². The van der Waals surface area contributed by atoms with Crippen LogP contribution in [0, 0.1) is 18.8 Å². The molecule has 3 heteroatoms. The first-order valence-corrected chi connectivity index (χ1v) is 9.72. The minimum atomic E-state index is 0.474. The molecule has 0 aliphatic heterocycles. The molecule has 3 aromatic rings. The van der Waals surface area contributed by atoms with Gasteiger partial charge >= 0.3 is 0 Å². The van der Waals surface area contributed by atoms with Crippen molar-refractivity contribution >= 4 is 16.7 Å². The number of benzene rings is 2. The molecule has 4 rings (SSSR count). The maximum Gasteiger partial charge on any atom is 0.162 e. The minimum Gasteiger partial charge on any atom is -0.366 e. The van der Waals surface area contributed by atoms with Gasteiger partial charge in [0.1, 0.15) is 5.82 Å². The van der Waals surface area contributed by atoms with Gasteiger partial charge in [-0.25, -0.2) is 9.97 Å². The van der Waals surface area contributed by atoms with Gasteiger partial charge in [0.05, 0.1) is 5.52 Å². The fourth-order valence-corrected chi connectivity index (χ4v) is 4.06. The molecule has 26 heavy (non-hydrogen) atoms. The Morgan fingerprint density at radius 1 is 0.962 bits per heavy atom. The van der Waals surface area contributed by atoms with E-state index < -0.39 is 0 Å². The second-order valence-corrected chi connectivity index (χ2v) is 7.80. The predicted octanol–water partition coefficient (Wildman–Crippen LogP) is 5.84. The van der Waals surface area contributed by atoms with Crippen LogP contribution in [-0.2, 0) is 0 Å². The van der Waals surface area contributed by atoms with Crippen molar-refractivity contribution in [2.24, 2.45) is 11.8 Å². The average molecular weight is 345 g/mol. The lowest BCUT2D eigenvalue weighted by Crippen LogP contribution is -2.35. The van der Waals surface area contributed by atoms with Crippen molar-refractivity contribution in [3.8, 4) is 11.4 Å². The van der Waals surface area contributed by atoms with Crippen molar-refractivity contribution in [1.82, 2.24) is 9.97 Å². The molecular weight excluding hydrogens is 318 g/mol. The molecule has 3 atom stereocenters. The highest BCUT2D eigenvalue weighted by Crippen LogP contribution is 2.33. The Morgan fingerprint density at radius 3 is 2.65 bits per heavy atom. The van der Waals surface area contributed by atoms with Gasteiger partial charge in [-0.3, -0.25) is 0 Å². The van der Waals surface area contributed by atoms with Crippen LogP contribution in [0.4, 0.5) is 5.82 Å². The fraction of sp³-hybridized carbons (Fsp3) is 0.391. The Bertz CT molecular complexity index is 918. The summed E-state index contributed by atoms with van der Waals surface area (Å²) in [4.78, 5) is 9.77. The maximum atomic E-state index is 4.94. The third kappa shape index (κ3) is 3.31. The van der Waals surface area contributed by atoms with Crippen LogP contribution in [-0.4, -0.2) is 16.0 Å². The number of para-hydroxylation sites is 1. The van der Waals surface area contributed by atoms with Crippen LogP contribution in [0.25, 0.3) is 22.3 Å². The molecule has 0 unspecified atom stereocenters. The van der Waals surface area contributed by atoms with Crippen LogP contribution >= 0.6 is 0 Å². The quantitative estimate of drug-likeness (QED) is 0.648. The molecule has 0 radical (unpaired) electrons. The summed E-state index contributed by atoms with van der Waals surface area (Å²) in [7, 11) is 0. The first-order chi connectivity index (χ1) is 12.6. The van der Waals surface area contributed by atoms with Crippen LogP contribution in [0.2, 0.25) is 0 Å². The highest BCUT2D eigenvalue weighted by molar-refractivity contribution is 5.90. The Morgan fingerprint density at radius 2 is 1.81 bits per heavy atom. The molecule has 2 aromatic carbocycles. The Hall–Kier alpha value is -2.42. The van der Waals surface area contributed by atoms with Crippen molar-refractivity contribution in [2.75, 3.05) is 5.32 Å². The number of hydrogen-bond acceptors (Lipinski definition) is 3. The summed E-state index contributed by atoms with van der Waals surface area (Å²) in [6.45, 7) is 6.84.